The van der Waals surface area contributed by atoms with Gasteiger partial charge in [0.2, 0.25) is 10.0 Å². The van der Waals surface area contributed by atoms with Crippen LogP contribution in [0.5, 0.6) is 0 Å². The summed E-state index contributed by atoms with van der Waals surface area (Å²) >= 11 is 1.16. The SMILES string of the molecule is O=[N+]([O-])c1ccc(CCNS(=O)(=O)c2cccs2)cc1. The summed E-state index contributed by atoms with van der Waals surface area (Å²) in [4.78, 5) is 10.0. The minimum atomic E-state index is -3.45. The molecule has 0 aliphatic rings. The smallest absolute Gasteiger partial charge is 0.258 e. The van der Waals surface area contributed by atoms with Gasteiger partial charge in [0, 0.05) is 18.7 Å². The number of nitro groups is 1. The highest BCUT2D eigenvalue weighted by molar-refractivity contribution is 7.91. The molecule has 0 saturated heterocycles. The fourth-order valence-electron chi connectivity index (χ4n) is 1.60. The summed E-state index contributed by atoms with van der Waals surface area (Å²) in [7, 11) is -3.45. The molecule has 0 aliphatic heterocycles. The first kappa shape index (κ1) is 14.6. The number of nitrogens with zero attached hydrogens (tertiary/aromatic N) is 1. The lowest BCUT2D eigenvalue weighted by Crippen LogP contribution is -2.25. The number of benzene rings is 1. The molecule has 0 spiro atoms. The Labute approximate surface area is 120 Å². The minimum Gasteiger partial charge on any atom is -0.258 e. The fraction of sp³-hybridized carbons (Fsp3) is 0.167. The standard InChI is InChI=1S/C12H12N2O4S2/c15-14(16)11-5-3-10(4-6-11)7-8-13-20(17,18)12-2-1-9-19-12/h1-6,9,13H,7-8H2. The van der Waals surface area contributed by atoms with Crippen molar-refractivity contribution in [1.82, 2.24) is 4.72 Å². The van der Waals surface area contributed by atoms with Crippen molar-refractivity contribution in [2.24, 2.45) is 0 Å². The number of hydrogen-bond donors (Lipinski definition) is 1. The lowest BCUT2D eigenvalue weighted by atomic mass is 10.1. The van der Waals surface area contributed by atoms with Crippen LogP contribution in [0.2, 0.25) is 0 Å². The van der Waals surface area contributed by atoms with Gasteiger partial charge < -0.3 is 0 Å². The quantitative estimate of drug-likeness (QED) is 0.654. The number of non-ortho nitro benzene ring substituents is 1. The normalized spacial score (nSPS) is 11.4. The van der Waals surface area contributed by atoms with Crippen LogP contribution in [-0.2, 0) is 16.4 Å². The number of rotatable bonds is 6. The predicted molar refractivity (Wildman–Crippen MR) is 76.3 cm³/mol. The van der Waals surface area contributed by atoms with Crippen molar-refractivity contribution in [3.8, 4) is 0 Å². The van der Waals surface area contributed by atoms with E-state index in [4.69, 9.17) is 0 Å². The summed E-state index contributed by atoms with van der Waals surface area (Å²) in [5.74, 6) is 0. The van der Waals surface area contributed by atoms with Crippen molar-refractivity contribution in [3.05, 3.63) is 57.5 Å². The third kappa shape index (κ3) is 3.62. The summed E-state index contributed by atoms with van der Waals surface area (Å²) in [5.41, 5.74) is 0.859. The highest BCUT2D eigenvalue weighted by Crippen LogP contribution is 2.15. The molecule has 106 valence electrons. The first-order chi connectivity index (χ1) is 9.49. The van der Waals surface area contributed by atoms with Crippen LogP contribution >= 0.6 is 11.3 Å². The van der Waals surface area contributed by atoms with Gasteiger partial charge in [0.1, 0.15) is 4.21 Å². The molecule has 2 rings (SSSR count). The van der Waals surface area contributed by atoms with E-state index in [0.29, 0.717) is 6.42 Å². The Morgan fingerprint density at radius 1 is 1.20 bits per heavy atom. The van der Waals surface area contributed by atoms with Crippen LogP contribution in [0.4, 0.5) is 5.69 Å². The van der Waals surface area contributed by atoms with Gasteiger partial charge in [0.15, 0.2) is 0 Å². The van der Waals surface area contributed by atoms with E-state index < -0.39 is 14.9 Å². The molecule has 1 heterocycles. The van der Waals surface area contributed by atoms with Crippen molar-refractivity contribution in [3.63, 3.8) is 0 Å². The molecular formula is C12H12N2O4S2. The van der Waals surface area contributed by atoms with E-state index in [1.807, 2.05) is 0 Å². The summed E-state index contributed by atoms with van der Waals surface area (Å²) < 4.78 is 26.4. The molecule has 8 heteroatoms. The first-order valence-electron chi connectivity index (χ1n) is 5.75. The van der Waals surface area contributed by atoms with Crippen LogP contribution in [0, 0.1) is 10.1 Å². The second-order valence-corrected chi connectivity index (χ2v) is 6.94. The van der Waals surface area contributed by atoms with Crippen LogP contribution in [0.3, 0.4) is 0 Å². The Morgan fingerprint density at radius 2 is 1.90 bits per heavy atom. The topological polar surface area (TPSA) is 89.3 Å². The number of nitro benzene ring substituents is 1. The zero-order valence-corrected chi connectivity index (χ0v) is 12.0. The lowest BCUT2D eigenvalue weighted by Gasteiger charge is -2.04. The predicted octanol–water partition coefficient (Wildman–Crippen LogP) is 2.18. The molecule has 1 aromatic heterocycles. The van der Waals surface area contributed by atoms with E-state index in [1.165, 1.54) is 12.1 Å². The third-order valence-electron chi connectivity index (χ3n) is 2.61. The third-order valence-corrected chi connectivity index (χ3v) is 5.47. The molecule has 0 aliphatic carbocycles. The van der Waals surface area contributed by atoms with Crippen LogP contribution in [0.25, 0.3) is 0 Å². The van der Waals surface area contributed by atoms with Crippen LogP contribution in [-0.4, -0.2) is 19.9 Å². The molecule has 0 saturated carbocycles. The van der Waals surface area contributed by atoms with E-state index in [-0.39, 0.29) is 16.4 Å². The highest BCUT2D eigenvalue weighted by atomic mass is 32.2. The van der Waals surface area contributed by atoms with Crippen LogP contribution in [0.1, 0.15) is 5.56 Å². The van der Waals surface area contributed by atoms with Crippen molar-refractivity contribution >= 4 is 27.0 Å². The molecule has 0 bridgehead atoms. The molecule has 0 atom stereocenters. The van der Waals surface area contributed by atoms with Gasteiger partial charge in [-0.2, -0.15) is 0 Å². The van der Waals surface area contributed by atoms with Gasteiger partial charge in [0.05, 0.1) is 4.92 Å². The van der Waals surface area contributed by atoms with Gasteiger partial charge in [-0.1, -0.05) is 18.2 Å². The molecule has 2 aromatic rings. The van der Waals surface area contributed by atoms with Crippen LogP contribution in [0.15, 0.2) is 46.0 Å². The van der Waals surface area contributed by atoms with E-state index in [0.717, 1.165) is 16.9 Å². The minimum absolute atomic E-state index is 0.0212. The number of thiophene rings is 1. The second kappa shape index (κ2) is 6.12. The molecule has 6 nitrogen and oxygen atoms in total. The van der Waals surface area contributed by atoms with Gasteiger partial charge in [-0.25, -0.2) is 13.1 Å². The van der Waals surface area contributed by atoms with Crippen molar-refractivity contribution in [2.45, 2.75) is 10.6 Å². The van der Waals surface area contributed by atoms with Gasteiger partial charge in [-0.3, -0.25) is 10.1 Å². The van der Waals surface area contributed by atoms with Gasteiger partial charge in [-0.15, -0.1) is 11.3 Å². The summed E-state index contributed by atoms with van der Waals surface area (Å²) in [6.45, 7) is 0.248. The van der Waals surface area contributed by atoms with E-state index >= 15 is 0 Å². The molecule has 0 unspecified atom stereocenters. The lowest BCUT2D eigenvalue weighted by molar-refractivity contribution is -0.384. The van der Waals surface area contributed by atoms with Gasteiger partial charge >= 0.3 is 0 Å². The maximum absolute atomic E-state index is 11.8. The summed E-state index contributed by atoms with van der Waals surface area (Å²) in [6, 6.07) is 9.27. The Balaban J connectivity index is 1.92. The van der Waals surface area contributed by atoms with E-state index in [9.17, 15) is 18.5 Å². The second-order valence-electron chi connectivity index (χ2n) is 4.00. The molecule has 20 heavy (non-hydrogen) atoms. The molecule has 1 N–H and O–H groups in total. The number of sulfonamides is 1. The maximum atomic E-state index is 11.8. The van der Waals surface area contributed by atoms with Crippen molar-refractivity contribution in [1.29, 1.82) is 0 Å². The fourth-order valence-corrected chi connectivity index (χ4v) is 3.67. The number of nitrogens with one attached hydrogen (secondary N) is 1. The molecule has 1 aromatic carbocycles. The average Bonchev–Trinajstić information content (AvgIpc) is 2.94. The van der Waals surface area contributed by atoms with Gasteiger partial charge in [0.25, 0.3) is 5.69 Å². The molecule has 0 amide bonds. The zero-order chi connectivity index (χ0) is 14.6. The van der Waals surface area contributed by atoms with Crippen molar-refractivity contribution < 1.29 is 13.3 Å². The summed E-state index contributed by atoms with van der Waals surface area (Å²) in [5, 5.41) is 12.2. The Bertz CT molecular complexity index is 679. The van der Waals surface area contributed by atoms with E-state index in [1.54, 1.807) is 29.6 Å². The molecule has 0 fully saturated rings. The molecule has 0 radical (unpaired) electrons. The Kier molecular flexibility index (Phi) is 4.48. The molecular weight excluding hydrogens is 300 g/mol. The van der Waals surface area contributed by atoms with E-state index in [2.05, 4.69) is 4.72 Å². The average molecular weight is 312 g/mol. The largest absolute Gasteiger partial charge is 0.269 e. The maximum Gasteiger partial charge on any atom is 0.269 e. The highest BCUT2D eigenvalue weighted by Gasteiger charge is 2.14. The van der Waals surface area contributed by atoms with Gasteiger partial charge in [-0.05, 0) is 23.4 Å². The monoisotopic (exact) mass is 312 g/mol. The zero-order valence-electron chi connectivity index (χ0n) is 10.4. The Hall–Kier alpha value is -1.77. The van der Waals surface area contributed by atoms with Crippen molar-refractivity contribution in [2.75, 3.05) is 6.54 Å². The first-order valence-corrected chi connectivity index (χ1v) is 8.12. The number of hydrogen-bond acceptors (Lipinski definition) is 5. The van der Waals surface area contributed by atoms with Crippen LogP contribution < -0.4 is 4.72 Å². The summed E-state index contributed by atoms with van der Waals surface area (Å²) in [6.07, 6.45) is 0.475. The Morgan fingerprint density at radius 3 is 2.45 bits per heavy atom.